The van der Waals surface area contributed by atoms with E-state index in [-0.39, 0.29) is 16.9 Å². The Kier molecular flexibility index (Phi) is 17.4. The number of aliphatic carboxylic acids is 3. The van der Waals surface area contributed by atoms with Gasteiger partial charge in [0.05, 0.1) is 25.4 Å². The number of phenolic OH excluding ortho intramolecular Hbond substituents is 1. The smallest absolute Gasteiger partial charge is 0.371 e. The first kappa shape index (κ1) is 45.1. The lowest BCUT2D eigenvalue weighted by Gasteiger charge is -2.14. The average molecular weight is 773 g/mol. The normalized spacial score (nSPS) is 10.5. The number of carbonyl (C=O) groups is 4. The molecule has 0 saturated heterocycles. The van der Waals surface area contributed by atoms with Gasteiger partial charge >= 0.3 is 30.3 Å². The van der Waals surface area contributed by atoms with Gasteiger partial charge in [-0.15, -0.1) is 0 Å². The summed E-state index contributed by atoms with van der Waals surface area (Å²) in [4.78, 5) is 41.7. The Labute approximate surface area is 322 Å². The van der Waals surface area contributed by atoms with Gasteiger partial charge in [0.25, 0.3) is 0 Å². The summed E-state index contributed by atoms with van der Waals surface area (Å²) in [7, 11) is 3.09. The molecule has 0 fully saturated rings. The number of aromatic hydroxyl groups is 1. The van der Waals surface area contributed by atoms with Crippen molar-refractivity contribution in [2.75, 3.05) is 14.2 Å². The Balaban J connectivity index is 0.000000289. The van der Waals surface area contributed by atoms with Gasteiger partial charge in [0.1, 0.15) is 17.2 Å². The zero-order chi connectivity index (χ0) is 42.1. The van der Waals surface area contributed by atoms with E-state index in [0.717, 1.165) is 5.56 Å². The Bertz CT molecular complexity index is 2180. The Morgan fingerprint density at radius 3 is 1.77 bits per heavy atom. The number of hydrogen-bond donors (Lipinski definition) is 5. The van der Waals surface area contributed by atoms with Crippen LogP contribution in [-0.4, -0.2) is 70.1 Å². The maximum absolute atomic E-state index is 11.7. The quantitative estimate of drug-likeness (QED) is 0.0851. The summed E-state index contributed by atoms with van der Waals surface area (Å²) in [5, 5.41) is 45.4. The molecule has 0 aliphatic rings. The van der Waals surface area contributed by atoms with E-state index in [1.54, 1.807) is 86.8 Å². The minimum Gasteiger partial charge on any atom is -0.507 e. The standard InChI is InChI=1S/C19H16O5.C13H16O2.C9H8O2.C2H2F2O2/c1-23-12-5-3-4-11(8-12)18-15-9-13(24-2)6-7-14(15)17(20)10-16(18)19(21)22;1-9(2)12-6-4-11(5-7-12)8-10(3)13(14)15;1-7(9(10)11)8-5-3-2-4-6-8;3-1(4)2(5)6/h3-10,20H,1-2H3,(H,21,22);4-9H,1-3H3,(H,14,15);2-6H,1H2,(H,10,11);1H,(H,5,6). The van der Waals surface area contributed by atoms with Crippen LogP contribution in [0, 0.1) is 0 Å². The van der Waals surface area contributed by atoms with Crippen LogP contribution in [0.15, 0.2) is 115 Å². The van der Waals surface area contributed by atoms with Gasteiger partial charge in [-0.25, -0.2) is 19.2 Å². The maximum atomic E-state index is 11.7. The fourth-order valence-electron chi connectivity index (χ4n) is 4.82. The molecule has 5 N–H and O–H groups in total. The van der Waals surface area contributed by atoms with Crippen molar-refractivity contribution >= 4 is 46.3 Å². The second kappa shape index (κ2) is 21.6. The van der Waals surface area contributed by atoms with E-state index in [2.05, 4.69) is 20.4 Å². The van der Waals surface area contributed by atoms with E-state index in [1.807, 2.05) is 30.3 Å². The zero-order valence-corrected chi connectivity index (χ0v) is 31.2. The number of aromatic carboxylic acids is 1. The third-order valence-corrected chi connectivity index (χ3v) is 7.80. The summed E-state index contributed by atoms with van der Waals surface area (Å²) in [6.45, 7) is 9.29. The number of methoxy groups -OCH3 is 2. The molecular formula is C43H42F2O11. The molecule has 0 atom stereocenters. The van der Waals surface area contributed by atoms with Crippen molar-refractivity contribution in [2.24, 2.45) is 0 Å². The maximum Gasteiger partial charge on any atom is 0.371 e. The number of phenols is 1. The molecular weight excluding hydrogens is 730 g/mol. The molecule has 5 aromatic rings. The molecule has 56 heavy (non-hydrogen) atoms. The van der Waals surface area contributed by atoms with Gasteiger partial charge in [-0.2, -0.15) is 8.78 Å². The van der Waals surface area contributed by atoms with Crippen LogP contribution >= 0.6 is 0 Å². The van der Waals surface area contributed by atoms with Crippen molar-refractivity contribution in [1.29, 1.82) is 0 Å². The molecule has 0 heterocycles. The molecule has 0 aliphatic heterocycles. The second-order valence-corrected chi connectivity index (χ2v) is 12.0. The number of rotatable bonds is 10. The largest absolute Gasteiger partial charge is 0.507 e. The van der Waals surface area contributed by atoms with Gasteiger partial charge in [-0.05, 0) is 83.0 Å². The summed E-state index contributed by atoms with van der Waals surface area (Å²) >= 11 is 0. The number of ether oxygens (including phenoxy) is 2. The van der Waals surface area contributed by atoms with Crippen molar-refractivity contribution in [3.8, 4) is 28.4 Å². The van der Waals surface area contributed by atoms with Crippen LogP contribution in [0.25, 0.3) is 33.5 Å². The number of halogens is 2. The van der Waals surface area contributed by atoms with Crippen LogP contribution in [0.3, 0.4) is 0 Å². The number of carboxylic acids is 4. The van der Waals surface area contributed by atoms with Crippen LogP contribution in [-0.2, 0) is 14.4 Å². The number of benzene rings is 5. The third-order valence-electron chi connectivity index (χ3n) is 7.80. The van der Waals surface area contributed by atoms with E-state index < -0.39 is 30.3 Å². The summed E-state index contributed by atoms with van der Waals surface area (Å²) in [6, 6.07) is 30.3. The summed E-state index contributed by atoms with van der Waals surface area (Å²) < 4.78 is 31.6. The third kappa shape index (κ3) is 13.4. The Hall–Kier alpha value is -7.02. The van der Waals surface area contributed by atoms with Gasteiger partial charge in [0.15, 0.2) is 0 Å². The van der Waals surface area contributed by atoms with E-state index in [9.17, 15) is 33.4 Å². The topological polar surface area (TPSA) is 188 Å². The van der Waals surface area contributed by atoms with Crippen molar-refractivity contribution in [1.82, 2.24) is 0 Å². The molecule has 0 unspecified atom stereocenters. The lowest BCUT2D eigenvalue weighted by atomic mass is 9.92. The molecule has 0 spiro atoms. The predicted octanol–water partition coefficient (Wildman–Crippen LogP) is 9.35. The number of fused-ring (bicyclic) bond motifs is 1. The summed E-state index contributed by atoms with van der Waals surface area (Å²) in [5.41, 5.74) is 4.54. The molecule has 11 nitrogen and oxygen atoms in total. The monoisotopic (exact) mass is 772 g/mol. The minimum absolute atomic E-state index is 0.0153. The highest BCUT2D eigenvalue weighted by molar-refractivity contribution is 6.14. The van der Waals surface area contributed by atoms with Crippen molar-refractivity contribution in [3.05, 3.63) is 138 Å². The predicted molar refractivity (Wildman–Crippen MR) is 210 cm³/mol. The molecule has 0 amide bonds. The fourth-order valence-corrected chi connectivity index (χ4v) is 4.82. The molecule has 5 aromatic carbocycles. The molecule has 294 valence electrons. The lowest BCUT2D eigenvalue weighted by molar-refractivity contribution is -0.149. The van der Waals surface area contributed by atoms with Crippen LogP contribution in [0.4, 0.5) is 8.78 Å². The number of alkyl halides is 2. The molecule has 13 heteroatoms. The highest BCUT2D eigenvalue weighted by atomic mass is 19.3. The number of carboxylic acid groups (broad SMARTS) is 4. The van der Waals surface area contributed by atoms with Crippen molar-refractivity contribution in [2.45, 2.75) is 33.1 Å². The molecule has 5 rings (SSSR count). The van der Waals surface area contributed by atoms with E-state index in [1.165, 1.54) is 18.7 Å². The molecule has 0 bridgehead atoms. The van der Waals surface area contributed by atoms with Gasteiger partial charge < -0.3 is 35.0 Å². The molecule has 0 radical (unpaired) electrons. The van der Waals surface area contributed by atoms with E-state index in [4.69, 9.17) is 29.6 Å². The molecule has 0 aliphatic carbocycles. The zero-order valence-electron chi connectivity index (χ0n) is 31.2. The van der Waals surface area contributed by atoms with Crippen LogP contribution in [0.2, 0.25) is 0 Å². The minimum atomic E-state index is -3.23. The average Bonchev–Trinajstić information content (AvgIpc) is 3.18. The van der Waals surface area contributed by atoms with E-state index in [0.29, 0.717) is 50.5 Å². The van der Waals surface area contributed by atoms with Crippen molar-refractivity contribution in [3.63, 3.8) is 0 Å². The molecule has 0 saturated carbocycles. The number of hydrogen-bond acceptors (Lipinski definition) is 7. The first-order chi connectivity index (χ1) is 26.4. The van der Waals surface area contributed by atoms with Gasteiger partial charge in [0.2, 0.25) is 0 Å². The van der Waals surface area contributed by atoms with Gasteiger partial charge in [-0.3, -0.25) is 0 Å². The SMILES string of the molecule is C=C(C(=O)O)c1ccccc1.CC(=Cc1ccc(C(C)C)cc1)C(=O)O.COc1cccc(-c2c(C(=O)O)cc(O)c3ccc(OC)cc23)c1.O=C(O)C(F)F. The first-order valence-corrected chi connectivity index (χ1v) is 16.6. The second-order valence-electron chi connectivity index (χ2n) is 12.0. The van der Waals surface area contributed by atoms with Gasteiger partial charge in [0, 0.05) is 16.5 Å². The fraction of sp³-hybridized carbons (Fsp3) is 0.163. The first-order valence-electron chi connectivity index (χ1n) is 16.6. The summed E-state index contributed by atoms with van der Waals surface area (Å²) in [5.74, 6) is -3.43. The van der Waals surface area contributed by atoms with Gasteiger partial charge in [-0.1, -0.05) is 87.2 Å². The highest BCUT2D eigenvalue weighted by Crippen LogP contribution is 2.40. The van der Waals surface area contributed by atoms with Crippen LogP contribution < -0.4 is 9.47 Å². The van der Waals surface area contributed by atoms with Crippen LogP contribution in [0.5, 0.6) is 17.2 Å². The van der Waals surface area contributed by atoms with E-state index >= 15 is 0 Å². The van der Waals surface area contributed by atoms with Crippen molar-refractivity contribution < 1.29 is 63.0 Å². The Morgan fingerprint density at radius 1 is 0.714 bits per heavy atom. The van der Waals surface area contributed by atoms with Crippen LogP contribution in [0.1, 0.15) is 53.7 Å². The lowest BCUT2D eigenvalue weighted by Crippen LogP contribution is -2.06. The molecule has 0 aromatic heterocycles. The highest BCUT2D eigenvalue weighted by Gasteiger charge is 2.19. The summed E-state index contributed by atoms with van der Waals surface area (Å²) in [6.07, 6.45) is -1.56. The Morgan fingerprint density at radius 2 is 1.29 bits per heavy atom.